The topological polar surface area (TPSA) is 27.7 Å². The lowest BCUT2D eigenvalue weighted by Crippen LogP contribution is -2.27. The fraction of sp³-hybridized carbons (Fsp3) is 0.647. The molecule has 0 atom stereocenters. The van der Waals surface area contributed by atoms with Crippen LogP contribution in [0.3, 0.4) is 0 Å². The highest BCUT2D eigenvalue weighted by Crippen LogP contribution is 2.24. The number of rotatable bonds is 9. The van der Waals surface area contributed by atoms with Gasteiger partial charge in [0.25, 0.3) is 0 Å². The van der Waals surface area contributed by atoms with Gasteiger partial charge < -0.3 is 14.2 Å². The van der Waals surface area contributed by atoms with Crippen molar-refractivity contribution < 1.29 is 14.2 Å². The molecule has 1 aliphatic carbocycles. The molecule has 0 bridgehead atoms. The molecule has 0 radical (unpaired) electrons. The number of hydrogen-bond donors (Lipinski definition) is 0. The summed E-state index contributed by atoms with van der Waals surface area (Å²) < 4.78 is 16.5. The largest absolute Gasteiger partial charge is 0.378 e. The number of thioether (sulfide) groups is 1. The van der Waals surface area contributed by atoms with E-state index in [9.17, 15) is 0 Å². The van der Waals surface area contributed by atoms with Crippen LogP contribution in [0.2, 0.25) is 0 Å². The van der Waals surface area contributed by atoms with Crippen LogP contribution in [0.25, 0.3) is 0 Å². The van der Waals surface area contributed by atoms with E-state index in [4.69, 9.17) is 14.2 Å². The van der Waals surface area contributed by atoms with Crippen LogP contribution >= 0.6 is 11.8 Å². The van der Waals surface area contributed by atoms with E-state index in [1.54, 1.807) is 7.11 Å². The van der Waals surface area contributed by atoms with Crippen molar-refractivity contribution >= 4 is 11.8 Å². The molecule has 1 fully saturated rings. The summed E-state index contributed by atoms with van der Waals surface area (Å²) >= 11 is 1.90. The van der Waals surface area contributed by atoms with Crippen molar-refractivity contribution in [2.24, 2.45) is 0 Å². The number of benzene rings is 1. The van der Waals surface area contributed by atoms with E-state index in [-0.39, 0.29) is 0 Å². The maximum absolute atomic E-state index is 5.97. The summed E-state index contributed by atoms with van der Waals surface area (Å²) in [6.07, 6.45) is 6.30. The Morgan fingerprint density at radius 1 is 1.00 bits per heavy atom. The van der Waals surface area contributed by atoms with E-state index in [0.29, 0.717) is 19.0 Å². The van der Waals surface area contributed by atoms with Gasteiger partial charge in [0.15, 0.2) is 0 Å². The van der Waals surface area contributed by atoms with Crippen molar-refractivity contribution in [2.75, 3.05) is 26.3 Å². The number of ether oxygens (including phenoxy) is 3. The fourth-order valence-electron chi connectivity index (χ4n) is 2.55. The Morgan fingerprint density at radius 3 is 2.33 bits per heavy atom. The van der Waals surface area contributed by atoms with E-state index in [1.807, 2.05) is 11.8 Å². The fourth-order valence-corrected chi connectivity index (χ4v) is 3.39. The Kier molecular flexibility index (Phi) is 8.18. The Hall–Kier alpha value is -0.550. The number of methoxy groups -OCH3 is 1. The molecule has 21 heavy (non-hydrogen) atoms. The summed E-state index contributed by atoms with van der Waals surface area (Å²) in [5.74, 6) is 1.12. The molecular formula is C17H26O3S. The lowest BCUT2D eigenvalue weighted by molar-refractivity contribution is -0.0971. The molecule has 0 N–H and O–H groups in total. The van der Waals surface area contributed by atoms with Gasteiger partial charge in [-0.15, -0.1) is 11.8 Å². The second-order valence-corrected chi connectivity index (χ2v) is 6.53. The summed E-state index contributed by atoms with van der Waals surface area (Å²) in [6, 6.07) is 10.5. The Labute approximate surface area is 132 Å². The van der Waals surface area contributed by atoms with Crippen LogP contribution in [0.15, 0.2) is 35.2 Å². The minimum atomic E-state index is 0.360. The highest BCUT2D eigenvalue weighted by molar-refractivity contribution is 7.99. The molecule has 1 saturated carbocycles. The van der Waals surface area contributed by atoms with Gasteiger partial charge in [-0.2, -0.15) is 0 Å². The SMILES string of the molecule is COCOC1CCC(OCCCSc2ccccc2)CC1. The zero-order valence-electron chi connectivity index (χ0n) is 12.8. The van der Waals surface area contributed by atoms with E-state index in [2.05, 4.69) is 30.3 Å². The summed E-state index contributed by atoms with van der Waals surface area (Å²) in [7, 11) is 1.67. The molecular weight excluding hydrogens is 284 g/mol. The second-order valence-electron chi connectivity index (χ2n) is 5.36. The van der Waals surface area contributed by atoms with Gasteiger partial charge >= 0.3 is 0 Å². The molecule has 0 unspecified atom stereocenters. The Balaban J connectivity index is 1.48. The molecule has 3 nitrogen and oxygen atoms in total. The molecule has 0 amide bonds. The predicted octanol–water partition coefficient (Wildman–Crippen LogP) is 4.12. The van der Waals surface area contributed by atoms with E-state index < -0.39 is 0 Å². The van der Waals surface area contributed by atoms with Gasteiger partial charge in [-0.1, -0.05) is 18.2 Å². The van der Waals surface area contributed by atoms with Crippen LogP contribution in [0.1, 0.15) is 32.1 Å². The predicted molar refractivity (Wildman–Crippen MR) is 86.7 cm³/mol. The minimum Gasteiger partial charge on any atom is -0.378 e. The molecule has 118 valence electrons. The second kappa shape index (κ2) is 10.2. The third-order valence-corrected chi connectivity index (χ3v) is 4.80. The van der Waals surface area contributed by atoms with Crippen molar-refractivity contribution in [1.29, 1.82) is 0 Å². The zero-order valence-corrected chi connectivity index (χ0v) is 13.6. The molecule has 0 aliphatic heterocycles. The minimum absolute atomic E-state index is 0.360. The highest BCUT2D eigenvalue weighted by Gasteiger charge is 2.21. The molecule has 0 heterocycles. The van der Waals surface area contributed by atoms with Gasteiger partial charge in [-0.25, -0.2) is 0 Å². The third kappa shape index (κ3) is 6.83. The smallest absolute Gasteiger partial charge is 0.146 e. The Bertz CT molecular complexity index is 364. The number of hydrogen-bond acceptors (Lipinski definition) is 4. The molecule has 0 aromatic heterocycles. The normalized spacial score (nSPS) is 22.3. The molecule has 4 heteroatoms. The van der Waals surface area contributed by atoms with Crippen LogP contribution < -0.4 is 0 Å². The van der Waals surface area contributed by atoms with Crippen LogP contribution in [0, 0.1) is 0 Å². The zero-order chi connectivity index (χ0) is 14.8. The van der Waals surface area contributed by atoms with Gasteiger partial charge in [0, 0.05) is 24.4 Å². The summed E-state index contributed by atoms with van der Waals surface area (Å²) in [5, 5.41) is 0. The molecule has 0 spiro atoms. The van der Waals surface area contributed by atoms with Crippen LogP contribution in [-0.2, 0) is 14.2 Å². The average molecular weight is 310 g/mol. The van der Waals surface area contributed by atoms with Gasteiger partial charge in [-0.05, 0) is 44.2 Å². The standard InChI is InChI=1S/C17H26O3S/c1-18-14-20-16-10-8-15(9-11-16)19-12-5-13-21-17-6-3-2-4-7-17/h2-4,6-7,15-16H,5,8-14H2,1H3. The summed E-state index contributed by atoms with van der Waals surface area (Å²) in [5.41, 5.74) is 0. The van der Waals surface area contributed by atoms with Crippen LogP contribution in [0.4, 0.5) is 0 Å². The third-order valence-electron chi connectivity index (χ3n) is 3.70. The molecule has 2 rings (SSSR count). The molecule has 1 aliphatic rings. The van der Waals surface area contributed by atoms with E-state index in [1.165, 1.54) is 4.90 Å². The van der Waals surface area contributed by atoms with Crippen molar-refractivity contribution in [2.45, 2.75) is 49.2 Å². The molecule has 0 saturated heterocycles. The lowest BCUT2D eigenvalue weighted by Gasteiger charge is -2.28. The van der Waals surface area contributed by atoms with Gasteiger partial charge in [-0.3, -0.25) is 0 Å². The highest BCUT2D eigenvalue weighted by atomic mass is 32.2. The van der Waals surface area contributed by atoms with E-state index >= 15 is 0 Å². The van der Waals surface area contributed by atoms with Gasteiger partial charge in [0.1, 0.15) is 6.79 Å². The van der Waals surface area contributed by atoms with Gasteiger partial charge in [0.2, 0.25) is 0 Å². The first kappa shape index (κ1) is 16.8. The van der Waals surface area contributed by atoms with Crippen molar-refractivity contribution in [3.63, 3.8) is 0 Å². The van der Waals surface area contributed by atoms with Crippen molar-refractivity contribution in [3.05, 3.63) is 30.3 Å². The quantitative estimate of drug-likeness (QED) is 0.390. The summed E-state index contributed by atoms with van der Waals surface area (Å²) in [6.45, 7) is 1.28. The van der Waals surface area contributed by atoms with Crippen molar-refractivity contribution in [1.82, 2.24) is 0 Å². The Morgan fingerprint density at radius 2 is 1.67 bits per heavy atom. The van der Waals surface area contributed by atoms with Crippen LogP contribution in [0.5, 0.6) is 0 Å². The first-order valence-electron chi connectivity index (χ1n) is 7.78. The summed E-state index contributed by atoms with van der Waals surface area (Å²) in [4.78, 5) is 1.34. The molecule has 1 aromatic rings. The van der Waals surface area contributed by atoms with Crippen LogP contribution in [-0.4, -0.2) is 38.5 Å². The maximum Gasteiger partial charge on any atom is 0.146 e. The van der Waals surface area contributed by atoms with E-state index in [0.717, 1.165) is 44.5 Å². The monoisotopic (exact) mass is 310 g/mol. The van der Waals surface area contributed by atoms with Gasteiger partial charge in [0.05, 0.1) is 12.2 Å². The molecule has 1 aromatic carbocycles. The first-order valence-corrected chi connectivity index (χ1v) is 8.77. The van der Waals surface area contributed by atoms with Crippen molar-refractivity contribution in [3.8, 4) is 0 Å². The maximum atomic E-state index is 5.97. The average Bonchev–Trinajstić information content (AvgIpc) is 2.55. The lowest BCUT2D eigenvalue weighted by atomic mass is 9.95. The first-order chi connectivity index (χ1) is 10.4.